The van der Waals surface area contributed by atoms with Crippen molar-refractivity contribution in [2.45, 2.75) is 0 Å². The summed E-state index contributed by atoms with van der Waals surface area (Å²) < 4.78 is 7.28. The van der Waals surface area contributed by atoms with Gasteiger partial charge in [-0.3, -0.25) is 4.79 Å². The van der Waals surface area contributed by atoms with Crippen LogP contribution in [0.1, 0.15) is 5.56 Å². The maximum absolute atomic E-state index is 11.6. The SMILES string of the molecule is O=C(COc1ccc(Br)cc1)N/N=C\c1ccc(Br)cc1. The fourth-order valence-electron chi connectivity index (χ4n) is 1.44. The molecule has 0 heterocycles. The van der Waals surface area contributed by atoms with Gasteiger partial charge in [-0.25, -0.2) is 5.43 Å². The smallest absolute Gasteiger partial charge is 0.277 e. The molecule has 0 saturated carbocycles. The highest BCUT2D eigenvalue weighted by Crippen LogP contribution is 2.15. The summed E-state index contributed by atoms with van der Waals surface area (Å²) >= 11 is 6.68. The summed E-state index contributed by atoms with van der Waals surface area (Å²) in [6, 6.07) is 14.8. The van der Waals surface area contributed by atoms with E-state index in [-0.39, 0.29) is 12.5 Å². The summed E-state index contributed by atoms with van der Waals surface area (Å²) in [6.07, 6.45) is 1.57. The Balaban J connectivity index is 1.77. The second-order valence-corrected chi connectivity index (χ2v) is 5.92. The molecule has 6 heteroatoms. The first-order valence-electron chi connectivity index (χ1n) is 6.09. The zero-order valence-corrected chi connectivity index (χ0v) is 14.1. The molecule has 0 saturated heterocycles. The van der Waals surface area contributed by atoms with Crippen molar-refractivity contribution in [3.8, 4) is 5.75 Å². The molecule has 0 bridgehead atoms. The van der Waals surface area contributed by atoms with Gasteiger partial charge in [0, 0.05) is 8.95 Å². The van der Waals surface area contributed by atoms with E-state index in [0.29, 0.717) is 5.75 Å². The minimum atomic E-state index is -0.314. The van der Waals surface area contributed by atoms with Crippen molar-refractivity contribution in [3.05, 3.63) is 63.0 Å². The summed E-state index contributed by atoms with van der Waals surface area (Å²) in [4.78, 5) is 11.6. The zero-order chi connectivity index (χ0) is 15.1. The van der Waals surface area contributed by atoms with Crippen molar-refractivity contribution in [1.82, 2.24) is 5.43 Å². The number of amides is 1. The Hall–Kier alpha value is -1.66. The van der Waals surface area contributed by atoms with Gasteiger partial charge in [-0.2, -0.15) is 5.10 Å². The minimum absolute atomic E-state index is 0.0840. The number of ether oxygens (including phenoxy) is 1. The first-order valence-corrected chi connectivity index (χ1v) is 7.68. The molecule has 0 radical (unpaired) electrons. The molecular formula is C15H12Br2N2O2. The lowest BCUT2D eigenvalue weighted by molar-refractivity contribution is -0.123. The average Bonchev–Trinajstić information content (AvgIpc) is 2.49. The third-order valence-electron chi connectivity index (χ3n) is 2.46. The Labute approximate surface area is 139 Å². The van der Waals surface area contributed by atoms with Crippen LogP contribution in [0.25, 0.3) is 0 Å². The molecule has 0 atom stereocenters. The Morgan fingerprint density at radius 2 is 1.62 bits per heavy atom. The van der Waals surface area contributed by atoms with Gasteiger partial charge >= 0.3 is 0 Å². The van der Waals surface area contributed by atoms with E-state index < -0.39 is 0 Å². The van der Waals surface area contributed by atoms with Crippen LogP contribution < -0.4 is 10.2 Å². The van der Waals surface area contributed by atoms with E-state index in [4.69, 9.17) is 4.74 Å². The molecule has 1 N–H and O–H groups in total. The Morgan fingerprint density at radius 1 is 1.05 bits per heavy atom. The molecule has 0 aliphatic rings. The first-order chi connectivity index (χ1) is 10.1. The van der Waals surface area contributed by atoms with Crippen molar-refractivity contribution in [2.24, 2.45) is 5.10 Å². The quantitative estimate of drug-likeness (QED) is 0.601. The normalized spacial score (nSPS) is 10.6. The third-order valence-corrected chi connectivity index (χ3v) is 3.51. The van der Waals surface area contributed by atoms with Crippen molar-refractivity contribution in [2.75, 3.05) is 6.61 Å². The van der Waals surface area contributed by atoms with Crippen LogP contribution in [0.5, 0.6) is 5.75 Å². The Bertz CT molecular complexity index is 625. The van der Waals surface area contributed by atoms with Crippen LogP contribution in [0.3, 0.4) is 0 Å². The Morgan fingerprint density at radius 3 is 2.24 bits per heavy atom. The summed E-state index contributed by atoms with van der Waals surface area (Å²) in [6.45, 7) is -0.0840. The second-order valence-electron chi connectivity index (χ2n) is 4.09. The van der Waals surface area contributed by atoms with E-state index in [1.807, 2.05) is 36.4 Å². The maximum atomic E-state index is 11.6. The number of carbonyl (C=O) groups excluding carboxylic acids is 1. The highest BCUT2D eigenvalue weighted by atomic mass is 79.9. The van der Waals surface area contributed by atoms with E-state index in [9.17, 15) is 4.79 Å². The van der Waals surface area contributed by atoms with Gasteiger partial charge in [-0.15, -0.1) is 0 Å². The lowest BCUT2D eigenvalue weighted by atomic mass is 10.2. The fourth-order valence-corrected chi connectivity index (χ4v) is 1.97. The molecule has 0 aliphatic heterocycles. The van der Waals surface area contributed by atoms with Gasteiger partial charge in [0.15, 0.2) is 6.61 Å². The van der Waals surface area contributed by atoms with Crippen LogP contribution in [0.4, 0.5) is 0 Å². The molecule has 2 rings (SSSR count). The molecule has 0 aliphatic carbocycles. The number of hydrogen-bond donors (Lipinski definition) is 1. The van der Waals surface area contributed by atoms with Gasteiger partial charge in [0.05, 0.1) is 6.21 Å². The van der Waals surface area contributed by atoms with Crippen LogP contribution in [-0.2, 0) is 4.79 Å². The van der Waals surface area contributed by atoms with Crippen molar-refractivity contribution >= 4 is 44.0 Å². The van der Waals surface area contributed by atoms with Crippen LogP contribution in [0.15, 0.2) is 62.6 Å². The van der Waals surface area contributed by atoms with E-state index in [1.165, 1.54) is 0 Å². The third kappa shape index (κ3) is 5.69. The molecule has 4 nitrogen and oxygen atoms in total. The molecule has 1 amide bonds. The van der Waals surface area contributed by atoms with Gasteiger partial charge in [0.2, 0.25) is 0 Å². The summed E-state index contributed by atoms with van der Waals surface area (Å²) in [7, 11) is 0. The molecule has 0 spiro atoms. The predicted molar refractivity (Wildman–Crippen MR) is 89.5 cm³/mol. The van der Waals surface area contributed by atoms with Gasteiger partial charge < -0.3 is 4.74 Å². The molecule has 0 fully saturated rings. The topological polar surface area (TPSA) is 50.7 Å². The van der Waals surface area contributed by atoms with Crippen LogP contribution in [0, 0.1) is 0 Å². The van der Waals surface area contributed by atoms with Crippen molar-refractivity contribution < 1.29 is 9.53 Å². The first kappa shape index (κ1) is 15.7. The molecule has 2 aromatic rings. The fraction of sp³-hybridized carbons (Fsp3) is 0.0667. The van der Waals surface area contributed by atoms with Gasteiger partial charge in [0.1, 0.15) is 5.75 Å². The highest BCUT2D eigenvalue weighted by molar-refractivity contribution is 9.10. The number of carbonyl (C=O) groups is 1. The number of nitrogens with zero attached hydrogens (tertiary/aromatic N) is 1. The highest BCUT2D eigenvalue weighted by Gasteiger charge is 2.01. The lowest BCUT2D eigenvalue weighted by Crippen LogP contribution is -2.24. The second kappa shape index (κ2) is 7.95. The molecular weight excluding hydrogens is 400 g/mol. The summed E-state index contributed by atoms with van der Waals surface area (Å²) in [5.74, 6) is 0.316. The lowest BCUT2D eigenvalue weighted by Gasteiger charge is -2.04. The van der Waals surface area contributed by atoms with E-state index >= 15 is 0 Å². The number of rotatable bonds is 5. The average molecular weight is 412 g/mol. The molecule has 108 valence electrons. The molecule has 0 unspecified atom stereocenters. The van der Waals surface area contributed by atoms with Gasteiger partial charge in [-0.05, 0) is 42.0 Å². The standard InChI is InChI=1S/C15H12Br2N2O2/c16-12-3-1-11(2-4-12)9-18-19-15(20)10-21-14-7-5-13(17)6-8-14/h1-9H,10H2,(H,19,20)/b18-9-. The van der Waals surface area contributed by atoms with Gasteiger partial charge in [0.25, 0.3) is 5.91 Å². The maximum Gasteiger partial charge on any atom is 0.277 e. The van der Waals surface area contributed by atoms with Crippen LogP contribution >= 0.6 is 31.9 Å². The number of halogens is 2. The molecule has 21 heavy (non-hydrogen) atoms. The zero-order valence-electron chi connectivity index (χ0n) is 10.9. The molecule has 2 aromatic carbocycles. The van der Waals surface area contributed by atoms with Crippen molar-refractivity contribution in [3.63, 3.8) is 0 Å². The number of hydrazone groups is 1. The monoisotopic (exact) mass is 410 g/mol. The number of nitrogens with one attached hydrogen (secondary N) is 1. The molecule has 0 aromatic heterocycles. The van der Waals surface area contributed by atoms with Crippen molar-refractivity contribution in [1.29, 1.82) is 0 Å². The number of hydrogen-bond acceptors (Lipinski definition) is 3. The summed E-state index contributed by atoms with van der Waals surface area (Å²) in [5, 5.41) is 3.87. The summed E-state index contributed by atoms with van der Waals surface area (Å²) in [5.41, 5.74) is 3.31. The Kier molecular flexibility index (Phi) is 5.95. The van der Waals surface area contributed by atoms with Crippen LogP contribution in [-0.4, -0.2) is 18.7 Å². The largest absolute Gasteiger partial charge is 0.484 e. The van der Waals surface area contributed by atoms with E-state index in [0.717, 1.165) is 14.5 Å². The predicted octanol–water partition coefficient (Wildman–Crippen LogP) is 3.74. The number of benzene rings is 2. The van der Waals surface area contributed by atoms with E-state index in [2.05, 4.69) is 42.4 Å². The van der Waals surface area contributed by atoms with E-state index in [1.54, 1.807) is 18.3 Å². The van der Waals surface area contributed by atoms with Gasteiger partial charge in [-0.1, -0.05) is 44.0 Å². The minimum Gasteiger partial charge on any atom is -0.484 e. The van der Waals surface area contributed by atoms with Crippen LogP contribution in [0.2, 0.25) is 0 Å².